The lowest BCUT2D eigenvalue weighted by Gasteiger charge is -2.13. The molecule has 0 fully saturated rings. The van der Waals surface area contributed by atoms with Gasteiger partial charge >= 0.3 is 0 Å². The van der Waals surface area contributed by atoms with E-state index >= 15 is 0 Å². The first-order valence-corrected chi connectivity index (χ1v) is 9.09. The van der Waals surface area contributed by atoms with Crippen LogP contribution in [0.5, 0.6) is 0 Å². The summed E-state index contributed by atoms with van der Waals surface area (Å²) in [4.78, 5) is 12.8. The van der Waals surface area contributed by atoms with Gasteiger partial charge in [0.25, 0.3) is 5.56 Å². The molecule has 0 unspecified atom stereocenters. The van der Waals surface area contributed by atoms with Crippen LogP contribution < -0.4 is 5.56 Å². The van der Waals surface area contributed by atoms with Gasteiger partial charge < -0.3 is 9.67 Å². The largest absolute Gasteiger partial charge is 0.387 e. The summed E-state index contributed by atoms with van der Waals surface area (Å²) in [5, 5.41) is 14.8. The van der Waals surface area contributed by atoms with Gasteiger partial charge in [0.1, 0.15) is 11.3 Å². The molecule has 2 heterocycles. The average molecular weight is 428 g/mol. The minimum absolute atomic E-state index is 0.0678. The highest BCUT2D eigenvalue weighted by Gasteiger charge is 2.13. The molecule has 0 radical (unpaired) electrons. The summed E-state index contributed by atoms with van der Waals surface area (Å²) < 4.78 is 16.9. The Morgan fingerprint density at radius 3 is 2.63 bits per heavy atom. The van der Waals surface area contributed by atoms with E-state index in [0.29, 0.717) is 16.8 Å². The van der Waals surface area contributed by atoms with Crippen LogP contribution in [0, 0.1) is 5.82 Å². The summed E-state index contributed by atoms with van der Waals surface area (Å²) in [5.41, 5.74) is 2.29. The van der Waals surface area contributed by atoms with Crippen LogP contribution in [0.3, 0.4) is 0 Å². The van der Waals surface area contributed by atoms with E-state index in [4.69, 9.17) is 0 Å². The number of hydrogen-bond acceptors (Lipinski definition) is 3. The van der Waals surface area contributed by atoms with Crippen LogP contribution in [0.2, 0.25) is 0 Å². The Labute approximate surface area is 162 Å². The van der Waals surface area contributed by atoms with E-state index in [2.05, 4.69) is 21.0 Å². The van der Waals surface area contributed by atoms with Gasteiger partial charge in [-0.25, -0.2) is 8.91 Å². The highest BCUT2D eigenvalue weighted by atomic mass is 79.9. The van der Waals surface area contributed by atoms with E-state index in [1.54, 1.807) is 18.5 Å². The van der Waals surface area contributed by atoms with Gasteiger partial charge in [0.15, 0.2) is 0 Å². The molecule has 1 N–H and O–H groups in total. The lowest BCUT2D eigenvalue weighted by atomic mass is 10.1. The lowest BCUT2D eigenvalue weighted by Crippen LogP contribution is -2.24. The number of fused-ring (bicyclic) bond motifs is 1. The molecule has 0 aliphatic rings. The van der Waals surface area contributed by atoms with Gasteiger partial charge in [0.05, 0.1) is 18.3 Å². The fourth-order valence-corrected chi connectivity index (χ4v) is 3.33. The second-order valence-electron chi connectivity index (χ2n) is 6.19. The third-order valence-corrected chi connectivity index (χ3v) is 4.84. The summed E-state index contributed by atoms with van der Waals surface area (Å²) in [6.07, 6.45) is 2.34. The van der Waals surface area contributed by atoms with Crippen molar-refractivity contribution in [3.8, 4) is 11.3 Å². The van der Waals surface area contributed by atoms with E-state index < -0.39 is 6.10 Å². The van der Waals surface area contributed by atoms with Gasteiger partial charge in [-0.05, 0) is 35.9 Å². The van der Waals surface area contributed by atoms with Crippen molar-refractivity contribution in [2.75, 3.05) is 0 Å². The van der Waals surface area contributed by atoms with Gasteiger partial charge in [-0.3, -0.25) is 4.79 Å². The molecule has 0 spiro atoms. The van der Waals surface area contributed by atoms with Gasteiger partial charge in [-0.15, -0.1) is 0 Å². The molecular weight excluding hydrogens is 413 g/mol. The van der Waals surface area contributed by atoms with Crippen molar-refractivity contribution in [2.24, 2.45) is 0 Å². The molecule has 4 aromatic rings. The van der Waals surface area contributed by atoms with Crippen molar-refractivity contribution >= 4 is 21.4 Å². The summed E-state index contributed by atoms with van der Waals surface area (Å²) in [5.74, 6) is -0.371. The minimum Gasteiger partial charge on any atom is -0.387 e. The van der Waals surface area contributed by atoms with Crippen molar-refractivity contribution in [1.29, 1.82) is 0 Å². The summed E-state index contributed by atoms with van der Waals surface area (Å²) in [6.45, 7) is 0.0678. The zero-order chi connectivity index (χ0) is 19.0. The van der Waals surface area contributed by atoms with Crippen LogP contribution in [0.15, 0.2) is 76.3 Å². The molecule has 2 aromatic carbocycles. The molecule has 0 aliphatic carbocycles. The van der Waals surface area contributed by atoms with Gasteiger partial charge in [-0.2, -0.15) is 5.10 Å². The zero-order valence-corrected chi connectivity index (χ0v) is 15.7. The van der Waals surface area contributed by atoms with Gasteiger partial charge in [0.2, 0.25) is 0 Å². The number of hydrogen-bond donors (Lipinski definition) is 1. The normalized spacial score (nSPS) is 12.4. The van der Waals surface area contributed by atoms with E-state index in [9.17, 15) is 14.3 Å². The molecule has 136 valence electrons. The van der Waals surface area contributed by atoms with E-state index in [-0.39, 0.29) is 17.9 Å². The van der Waals surface area contributed by atoms with E-state index in [0.717, 1.165) is 10.0 Å². The van der Waals surface area contributed by atoms with Gasteiger partial charge in [-0.1, -0.05) is 40.2 Å². The molecule has 5 nitrogen and oxygen atoms in total. The third kappa shape index (κ3) is 3.56. The molecule has 0 amide bonds. The fraction of sp³-hybridized carbons (Fsp3) is 0.100. The Bertz CT molecular complexity index is 1170. The van der Waals surface area contributed by atoms with Crippen molar-refractivity contribution in [3.63, 3.8) is 0 Å². The first kappa shape index (κ1) is 17.6. The topological polar surface area (TPSA) is 59.5 Å². The highest BCUT2D eigenvalue weighted by molar-refractivity contribution is 9.10. The first-order chi connectivity index (χ1) is 13.0. The maximum absolute atomic E-state index is 13.0. The first-order valence-electron chi connectivity index (χ1n) is 8.29. The molecule has 4 rings (SSSR count). The number of aromatic nitrogens is 3. The molecule has 0 saturated heterocycles. The molecular formula is C20H15BrFN3O2. The van der Waals surface area contributed by atoms with Crippen LogP contribution in [0.25, 0.3) is 16.8 Å². The minimum atomic E-state index is -0.918. The van der Waals surface area contributed by atoms with Crippen LogP contribution >= 0.6 is 15.9 Å². The second-order valence-corrected chi connectivity index (χ2v) is 7.11. The molecule has 27 heavy (non-hydrogen) atoms. The maximum atomic E-state index is 13.0. The lowest BCUT2D eigenvalue weighted by molar-refractivity contribution is 0.155. The maximum Gasteiger partial charge on any atom is 0.276 e. The predicted octanol–water partition coefficient (Wildman–Crippen LogP) is 3.80. The molecule has 0 aliphatic heterocycles. The van der Waals surface area contributed by atoms with Crippen LogP contribution in [-0.2, 0) is 6.54 Å². The summed E-state index contributed by atoms with van der Waals surface area (Å²) in [6, 6.07) is 15.0. The summed E-state index contributed by atoms with van der Waals surface area (Å²) >= 11 is 3.43. The molecule has 0 saturated carbocycles. The van der Waals surface area contributed by atoms with Crippen molar-refractivity contribution in [1.82, 2.24) is 14.2 Å². The SMILES string of the molecule is O=c1c2cc(-c3cccc(Br)c3)nn2ccn1C[C@H](O)c1ccc(F)cc1. The molecule has 2 aromatic heterocycles. The monoisotopic (exact) mass is 427 g/mol. The Hall–Kier alpha value is -2.77. The molecule has 7 heteroatoms. The van der Waals surface area contributed by atoms with Crippen molar-refractivity contribution < 1.29 is 9.50 Å². The highest BCUT2D eigenvalue weighted by Crippen LogP contribution is 2.22. The van der Waals surface area contributed by atoms with Crippen LogP contribution in [-0.4, -0.2) is 19.3 Å². The van der Waals surface area contributed by atoms with Crippen molar-refractivity contribution in [2.45, 2.75) is 12.6 Å². The van der Waals surface area contributed by atoms with E-state index in [1.165, 1.54) is 33.3 Å². The Morgan fingerprint density at radius 2 is 1.89 bits per heavy atom. The average Bonchev–Trinajstić information content (AvgIpc) is 3.10. The Morgan fingerprint density at radius 1 is 1.11 bits per heavy atom. The summed E-state index contributed by atoms with van der Waals surface area (Å²) in [7, 11) is 0. The third-order valence-electron chi connectivity index (χ3n) is 4.35. The molecule has 1 atom stereocenters. The smallest absolute Gasteiger partial charge is 0.276 e. The van der Waals surface area contributed by atoms with E-state index in [1.807, 2.05) is 24.3 Å². The number of halogens is 2. The fourth-order valence-electron chi connectivity index (χ4n) is 2.94. The quantitative estimate of drug-likeness (QED) is 0.538. The van der Waals surface area contributed by atoms with Crippen molar-refractivity contribution in [3.05, 3.63) is 93.2 Å². The van der Waals surface area contributed by atoms with Gasteiger partial charge in [0, 0.05) is 22.4 Å². The number of benzene rings is 2. The zero-order valence-electron chi connectivity index (χ0n) is 14.1. The van der Waals surface area contributed by atoms with Crippen LogP contribution in [0.4, 0.5) is 4.39 Å². The number of aliphatic hydroxyl groups is 1. The second kappa shape index (κ2) is 7.09. The number of nitrogens with zero attached hydrogens (tertiary/aromatic N) is 3. The Kier molecular flexibility index (Phi) is 4.63. The number of aliphatic hydroxyl groups excluding tert-OH is 1. The standard InChI is InChI=1S/C20H15BrFN3O2/c21-15-3-1-2-14(10-15)17-11-18-20(27)24(8-9-25(18)23-17)12-19(26)13-4-6-16(22)7-5-13/h1-11,19,26H,12H2/t19-/m0/s1. The molecule has 0 bridgehead atoms. The number of rotatable bonds is 4. The van der Waals surface area contributed by atoms with Crippen LogP contribution in [0.1, 0.15) is 11.7 Å². The Balaban J connectivity index is 1.68. The predicted molar refractivity (Wildman–Crippen MR) is 104 cm³/mol.